The zero-order chi connectivity index (χ0) is 8.04. The van der Waals surface area contributed by atoms with Gasteiger partial charge in [-0.25, -0.2) is 0 Å². The third-order valence-corrected chi connectivity index (χ3v) is 3.85. The summed E-state index contributed by atoms with van der Waals surface area (Å²) in [5.41, 5.74) is 0. The quantitative estimate of drug-likeness (QED) is 0.476. The highest BCUT2D eigenvalue weighted by Gasteiger charge is 2.16. The Morgan fingerprint density at radius 2 is 2.10 bits per heavy atom. The first kappa shape index (κ1) is 10.4. The second-order valence-corrected chi connectivity index (χ2v) is 5.82. The van der Waals surface area contributed by atoms with Gasteiger partial charge >= 0.3 is 0 Å². The first-order chi connectivity index (χ1) is 4.62. The van der Waals surface area contributed by atoms with Crippen molar-refractivity contribution in [3.63, 3.8) is 0 Å². The van der Waals surface area contributed by atoms with Crippen molar-refractivity contribution in [3.05, 3.63) is 0 Å². The predicted octanol–water partition coefficient (Wildman–Crippen LogP) is 2.76. The molecule has 0 rings (SSSR count). The molecule has 0 N–H and O–H groups in total. The van der Waals surface area contributed by atoms with Gasteiger partial charge in [0.2, 0.25) is 0 Å². The second kappa shape index (κ2) is 5.08. The van der Waals surface area contributed by atoms with Crippen molar-refractivity contribution in [2.75, 3.05) is 6.26 Å². The molecule has 3 heteroatoms. The average molecular weight is 178 g/mol. The maximum Gasteiger partial charge on any atom is 0.120 e. The van der Waals surface area contributed by atoms with E-state index < -0.39 is 0 Å². The van der Waals surface area contributed by atoms with Crippen LogP contribution in [0.2, 0.25) is 0 Å². The number of carbonyl (C=O) groups excluding carboxylic acids is 1. The standard InChI is InChI=1S/C7H14OS2/c1-7(2,10-9-3)5-4-6-8/h6H,4-5H2,1-3H3. The summed E-state index contributed by atoms with van der Waals surface area (Å²) in [6.45, 7) is 4.33. The summed E-state index contributed by atoms with van der Waals surface area (Å²) in [6, 6.07) is 0. The Bertz CT molecular complexity index is 102. The van der Waals surface area contributed by atoms with E-state index in [1.807, 2.05) is 10.8 Å². The summed E-state index contributed by atoms with van der Waals surface area (Å²) < 4.78 is 0.250. The monoisotopic (exact) mass is 178 g/mol. The van der Waals surface area contributed by atoms with Crippen molar-refractivity contribution in [3.8, 4) is 0 Å². The molecule has 0 aliphatic heterocycles. The fraction of sp³-hybridized carbons (Fsp3) is 0.857. The Hall–Kier alpha value is 0.370. The molecular formula is C7H14OS2. The van der Waals surface area contributed by atoms with E-state index in [9.17, 15) is 4.79 Å². The first-order valence-electron chi connectivity index (χ1n) is 3.28. The molecule has 0 saturated heterocycles. The van der Waals surface area contributed by atoms with E-state index in [-0.39, 0.29) is 4.75 Å². The van der Waals surface area contributed by atoms with Crippen LogP contribution in [0, 0.1) is 0 Å². The molecule has 0 saturated carbocycles. The maximum absolute atomic E-state index is 10.0. The second-order valence-electron chi connectivity index (χ2n) is 2.72. The van der Waals surface area contributed by atoms with Crippen LogP contribution < -0.4 is 0 Å². The van der Waals surface area contributed by atoms with Gasteiger partial charge in [0, 0.05) is 11.2 Å². The molecule has 1 nitrogen and oxygen atoms in total. The minimum absolute atomic E-state index is 0.250. The normalized spacial score (nSPS) is 11.5. The molecule has 0 heterocycles. The van der Waals surface area contributed by atoms with Gasteiger partial charge in [0.25, 0.3) is 0 Å². The Kier molecular flexibility index (Phi) is 5.27. The molecule has 0 aliphatic carbocycles. The highest BCUT2D eigenvalue weighted by Crippen LogP contribution is 2.36. The summed E-state index contributed by atoms with van der Waals surface area (Å²) in [5.74, 6) is 0. The highest BCUT2D eigenvalue weighted by atomic mass is 33.1. The number of aldehydes is 1. The summed E-state index contributed by atoms with van der Waals surface area (Å²) in [7, 11) is 3.59. The van der Waals surface area contributed by atoms with Crippen molar-refractivity contribution in [2.24, 2.45) is 0 Å². The van der Waals surface area contributed by atoms with E-state index in [2.05, 4.69) is 20.1 Å². The largest absolute Gasteiger partial charge is 0.303 e. The number of hydrogen-bond donors (Lipinski definition) is 0. The van der Waals surface area contributed by atoms with Crippen molar-refractivity contribution in [1.29, 1.82) is 0 Å². The van der Waals surface area contributed by atoms with Crippen LogP contribution in [0.4, 0.5) is 0 Å². The number of hydrogen-bond acceptors (Lipinski definition) is 3. The fourth-order valence-corrected chi connectivity index (χ4v) is 2.93. The first-order valence-corrected chi connectivity index (χ1v) is 5.83. The van der Waals surface area contributed by atoms with Gasteiger partial charge in [-0.1, -0.05) is 21.6 Å². The lowest BCUT2D eigenvalue weighted by atomic mass is 10.1. The molecule has 0 aromatic rings. The van der Waals surface area contributed by atoms with E-state index >= 15 is 0 Å². The molecule has 0 aromatic heterocycles. The molecule has 60 valence electrons. The molecule has 0 unspecified atom stereocenters. The Morgan fingerprint density at radius 1 is 1.50 bits per heavy atom. The summed E-state index contributed by atoms with van der Waals surface area (Å²) in [5, 5.41) is 0. The van der Waals surface area contributed by atoms with Gasteiger partial charge in [-0.05, 0) is 26.5 Å². The molecule has 0 amide bonds. The molecule has 0 aromatic carbocycles. The van der Waals surface area contributed by atoms with Crippen LogP contribution in [0.3, 0.4) is 0 Å². The average Bonchev–Trinajstić information content (AvgIpc) is 1.84. The number of rotatable bonds is 5. The van der Waals surface area contributed by atoms with Gasteiger partial charge in [0.15, 0.2) is 0 Å². The zero-order valence-corrected chi connectivity index (χ0v) is 8.35. The SMILES string of the molecule is CSSC(C)(C)CCC=O. The topological polar surface area (TPSA) is 17.1 Å². The van der Waals surface area contributed by atoms with Gasteiger partial charge < -0.3 is 4.79 Å². The van der Waals surface area contributed by atoms with Crippen LogP contribution in [0.5, 0.6) is 0 Å². The molecular weight excluding hydrogens is 164 g/mol. The Balaban J connectivity index is 3.51. The van der Waals surface area contributed by atoms with Crippen LogP contribution in [-0.2, 0) is 4.79 Å². The van der Waals surface area contributed by atoms with Gasteiger partial charge in [0.1, 0.15) is 6.29 Å². The van der Waals surface area contributed by atoms with Crippen molar-refractivity contribution in [2.45, 2.75) is 31.4 Å². The lowest BCUT2D eigenvalue weighted by Crippen LogP contribution is -2.12. The van der Waals surface area contributed by atoms with Gasteiger partial charge in [-0.2, -0.15) is 0 Å². The lowest BCUT2D eigenvalue weighted by molar-refractivity contribution is -0.108. The Labute approximate surface area is 70.7 Å². The van der Waals surface area contributed by atoms with Crippen LogP contribution in [0.1, 0.15) is 26.7 Å². The third-order valence-electron chi connectivity index (χ3n) is 1.17. The van der Waals surface area contributed by atoms with Gasteiger partial charge in [0.05, 0.1) is 0 Å². The third kappa shape index (κ3) is 5.18. The van der Waals surface area contributed by atoms with Crippen LogP contribution in [0.15, 0.2) is 0 Å². The maximum atomic E-state index is 10.0. The molecule has 0 fully saturated rings. The minimum atomic E-state index is 0.250. The summed E-state index contributed by atoms with van der Waals surface area (Å²) in [4.78, 5) is 10.0. The molecule has 0 spiro atoms. The smallest absolute Gasteiger partial charge is 0.120 e. The zero-order valence-electron chi connectivity index (χ0n) is 6.72. The van der Waals surface area contributed by atoms with Crippen molar-refractivity contribution in [1.82, 2.24) is 0 Å². The van der Waals surface area contributed by atoms with Crippen molar-refractivity contribution < 1.29 is 4.79 Å². The van der Waals surface area contributed by atoms with Gasteiger partial charge in [-0.15, -0.1) is 0 Å². The minimum Gasteiger partial charge on any atom is -0.303 e. The molecule has 0 aliphatic rings. The van der Waals surface area contributed by atoms with E-state index in [1.165, 1.54) is 0 Å². The van der Waals surface area contributed by atoms with E-state index in [4.69, 9.17) is 0 Å². The van der Waals surface area contributed by atoms with Crippen LogP contribution in [0.25, 0.3) is 0 Å². The Morgan fingerprint density at radius 3 is 2.50 bits per heavy atom. The highest BCUT2D eigenvalue weighted by molar-refractivity contribution is 8.76. The molecule has 0 radical (unpaired) electrons. The summed E-state index contributed by atoms with van der Waals surface area (Å²) >= 11 is 0. The fourth-order valence-electron chi connectivity index (χ4n) is 0.674. The van der Waals surface area contributed by atoms with E-state index in [0.717, 1.165) is 12.7 Å². The van der Waals surface area contributed by atoms with Crippen LogP contribution >= 0.6 is 21.6 Å². The molecule has 0 bridgehead atoms. The predicted molar refractivity (Wildman–Crippen MR) is 50.5 cm³/mol. The van der Waals surface area contributed by atoms with E-state index in [0.29, 0.717) is 6.42 Å². The number of carbonyl (C=O) groups is 1. The van der Waals surface area contributed by atoms with Crippen molar-refractivity contribution >= 4 is 27.9 Å². The van der Waals surface area contributed by atoms with E-state index in [1.54, 1.807) is 10.8 Å². The lowest BCUT2D eigenvalue weighted by Gasteiger charge is -2.20. The summed E-state index contributed by atoms with van der Waals surface area (Å²) in [6.07, 6.45) is 4.71. The molecule has 10 heavy (non-hydrogen) atoms. The van der Waals surface area contributed by atoms with Gasteiger partial charge in [-0.3, -0.25) is 0 Å². The molecule has 0 atom stereocenters. The van der Waals surface area contributed by atoms with Crippen LogP contribution in [-0.4, -0.2) is 17.3 Å².